The molecule has 0 aliphatic carbocycles. The van der Waals surface area contributed by atoms with E-state index in [0.717, 1.165) is 0 Å². The molecule has 3 heterocycles. The van der Waals surface area contributed by atoms with E-state index in [-0.39, 0.29) is 24.5 Å². The smallest absolute Gasteiger partial charge is 0.407 e. The van der Waals surface area contributed by atoms with E-state index >= 15 is 0 Å². The average molecular weight is 514 g/mol. The summed E-state index contributed by atoms with van der Waals surface area (Å²) >= 11 is 0. The van der Waals surface area contributed by atoms with Gasteiger partial charge in [-0.15, -0.1) is 0 Å². The first-order chi connectivity index (χ1) is 17.4. The third kappa shape index (κ3) is 5.92. The maximum absolute atomic E-state index is 14.6. The molecule has 10 nitrogen and oxygen atoms in total. The van der Waals surface area contributed by atoms with Crippen molar-refractivity contribution in [2.45, 2.75) is 65.2 Å². The van der Waals surface area contributed by atoms with E-state index in [9.17, 15) is 14.0 Å². The molecule has 0 spiro atoms. The molecule has 2 N–H and O–H groups in total. The molecule has 2 aromatic heterocycles. The van der Waals surface area contributed by atoms with Gasteiger partial charge < -0.3 is 24.8 Å². The molecule has 198 valence electrons. The van der Waals surface area contributed by atoms with Crippen molar-refractivity contribution in [2.75, 3.05) is 18.5 Å². The molecule has 1 aromatic carbocycles. The third-order valence-electron chi connectivity index (χ3n) is 5.77. The van der Waals surface area contributed by atoms with Crippen LogP contribution in [0.1, 0.15) is 69.1 Å². The highest BCUT2D eigenvalue weighted by Gasteiger charge is 2.38. The molecular formula is C26H32FN5O5. The van der Waals surface area contributed by atoms with Gasteiger partial charge >= 0.3 is 12.1 Å². The number of esters is 1. The third-order valence-corrected chi connectivity index (χ3v) is 5.77. The lowest BCUT2D eigenvalue weighted by molar-refractivity contribution is 0.0447. The second-order valence-electron chi connectivity index (χ2n) is 10.3. The SMILES string of the molecule is CCOC(=O)c1cnn2ccc(N[C@H](C)c3cc(F)cc4c3O[C@](C)(CNC(=O)OC(C)(C)C)C4)nc12. The Labute approximate surface area is 214 Å². The van der Waals surface area contributed by atoms with Gasteiger partial charge in [0.05, 0.1) is 25.4 Å². The van der Waals surface area contributed by atoms with Crippen LogP contribution in [-0.4, -0.2) is 51.0 Å². The fraction of sp³-hybridized carbons (Fsp3) is 0.462. The number of hydrogen-bond acceptors (Lipinski definition) is 8. The number of fused-ring (bicyclic) bond motifs is 2. The number of carbonyl (C=O) groups excluding carboxylic acids is 2. The van der Waals surface area contributed by atoms with E-state index in [0.29, 0.717) is 34.8 Å². The van der Waals surface area contributed by atoms with Gasteiger partial charge in [0.2, 0.25) is 0 Å². The first-order valence-corrected chi connectivity index (χ1v) is 12.1. The fourth-order valence-corrected chi connectivity index (χ4v) is 4.21. The van der Waals surface area contributed by atoms with E-state index in [1.165, 1.54) is 22.8 Å². The quantitative estimate of drug-likeness (QED) is 0.446. The van der Waals surface area contributed by atoms with Crippen LogP contribution < -0.4 is 15.4 Å². The fourth-order valence-electron chi connectivity index (χ4n) is 4.21. The molecule has 0 fully saturated rings. The number of benzene rings is 1. The largest absolute Gasteiger partial charge is 0.485 e. The van der Waals surface area contributed by atoms with Crippen molar-refractivity contribution in [3.8, 4) is 5.75 Å². The van der Waals surface area contributed by atoms with Gasteiger partial charge in [0.1, 0.15) is 34.2 Å². The second kappa shape index (κ2) is 9.87. The Morgan fingerprint density at radius 2 is 2.08 bits per heavy atom. The lowest BCUT2D eigenvalue weighted by Gasteiger charge is -2.27. The van der Waals surface area contributed by atoms with Crippen molar-refractivity contribution >= 4 is 23.5 Å². The molecule has 1 amide bonds. The number of halogens is 1. The number of nitrogens with zero attached hydrogens (tertiary/aromatic N) is 3. The monoisotopic (exact) mass is 513 g/mol. The van der Waals surface area contributed by atoms with Crippen LogP contribution in [-0.2, 0) is 15.9 Å². The van der Waals surface area contributed by atoms with E-state index in [4.69, 9.17) is 14.2 Å². The normalized spacial score (nSPS) is 17.6. The Morgan fingerprint density at radius 3 is 2.78 bits per heavy atom. The van der Waals surface area contributed by atoms with Crippen LogP contribution in [0.3, 0.4) is 0 Å². The number of nitrogens with one attached hydrogen (secondary N) is 2. The van der Waals surface area contributed by atoms with E-state index < -0.39 is 29.3 Å². The van der Waals surface area contributed by atoms with Crippen LogP contribution in [0, 0.1) is 5.82 Å². The maximum atomic E-state index is 14.6. The van der Waals surface area contributed by atoms with Gasteiger partial charge in [-0.2, -0.15) is 5.10 Å². The molecule has 4 rings (SSSR count). The lowest BCUT2D eigenvalue weighted by atomic mass is 9.97. The molecule has 0 saturated heterocycles. The van der Waals surface area contributed by atoms with E-state index in [1.54, 1.807) is 40.0 Å². The van der Waals surface area contributed by atoms with Crippen LogP contribution >= 0.6 is 0 Å². The molecule has 1 aliphatic rings. The minimum absolute atomic E-state index is 0.190. The summed E-state index contributed by atoms with van der Waals surface area (Å²) in [6.45, 7) is 11.2. The Balaban J connectivity index is 1.52. The van der Waals surface area contributed by atoms with Gasteiger partial charge in [0.15, 0.2) is 5.65 Å². The molecule has 0 radical (unpaired) electrons. The number of ether oxygens (including phenoxy) is 3. The number of carbonyl (C=O) groups is 2. The summed E-state index contributed by atoms with van der Waals surface area (Å²) in [7, 11) is 0. The summed E-state index contributed by atoms with van der Waals surface area (Å²) in [4.78, 5) is 28.9. The molecule has 0 saturated carbocycles. The van der Waals surface area contributed by atoms with Gasteiger partial charge in [0.25, 0.3) is 0 Å². The summed E-state index contributed by atoms with van der Waals surface area (Å²) in [6, 6.07) is 4.19. The predicted octanol–water partition coefficient (Wildman–Crippen LogP) is 4.44. The summed E-state index contributed by atoms with van der Waals surface area (Å²) in [5.41, 5.74) is 0.522. The highest BCUT2D eigenvalue weighted by molar-refractivity contribution is 5.95. The zero-order valence-electron chi connectivity index (χ0n) is 21.8. The standard InChI is InChI=1S/C26H32FN5O5/c1-7-35-23(33)19-13-29-32-9-8-20(31-22(19)32)30-15(2)18-11-17(27)10-16-12-26(6,36-21(16)18)14-28-24(34)37-25(3,4)5/h8-11,13,15H,7,12,14H2,1-6H3,(H,28,34)(H,30,31)/t15-,26+/m1/s1. The Kier molecular flexibility index (Phi) is 6.98. The predicted molar refractivity (Wildman–Crippen MR) is 134 cm³/mol. The van der Waals surface area contributed by atoms with Crippen molar-refractivity contribution in [1.82, 2.24) is 19.9 Å². The van der Waals surface area contributed by atoms with Gasteiger partial charge in [-0.1, -0.05) is 0 Å². The number of hydrogen-bond donors (Lipinski definition) is 2. The number of rotatable bonds is 7. The number of aromatic nitrogens is 3. The van der Waals surface area contributed by atoms with E-state index in [2.05, 4.69) is 20.7 Å². The zero-order valence-corrected chi connectivity index (χ0v) is 21.8. The van der Waals surface area contributed by atoms with Gasteiger partial charge in [-0.25, -0.2) is 23.5 Å². The molecule has 3 aromatic rings. The highest BCUT2D eigenvalue weighted by atomic mass is 19.1. The van der Waals surface area contributed by atoms with Crippen LogP contribution in [0.25, 0.3) is 5.65 Å². The van der Waals surface area contributed by atoms with Gasteiger partial charge in [-0.3, -0.25) is 0 Å². The average Bonchev–Trinajstić information content (AvgIpc) is 3.36. The summed E-state index contributed by atoms with van der Waals surface area (Å²) in [5.74, 6) is 0.133. The van der Waals surface area contributed by atoms with E-state index in [1.807, 2.05) is 13.8 Å². The molecule has 1 aliphatic heterocycles. The van der Waals surface area contributed by atoms with Crippen LogP contribution in [0.5, 0.6) is 5.75 Å². The maximum Gasteiger partial charge on any atom is 0.407 e. The molecule has 0 unspecified atom stereocenters. The molecule has 37 heavy (non-hydrogen) atoms. The second-order valence-corrected chi connectivity index (χ2v) is 10.3. The molecular weight excluding hydrogens is 481 g/mol. The summed E-state index contributed by atoms with van der Waals surface area (Å²) in [6.07, 6.45) is 2.95. The Morgan fingerprint density at radius 1 is 1.32 bits per heavy atom. The van der Waals surface area contributed by atoms with Crippen molar-refractivity contribution in [1.29, 1.82) is 0 Å². The van der Waals surface area contributed by atoms with Crippen LogP contribution in [0.15, 0.2) is 30.6 Å². The van der Waals surface area contributed by atoms with Gasteiger partial charge in [0, 0.05) is 23.7 Å². The summed E-state index contributed by atoms with van der Waals surface area (Å²) in [5, 5.41) is 10.1. The first-order valence-electron chi connectivity index (χ1n) is 12.1. The molecule has 0 bridgehead atoms. The number of amides is 1. The van der Waals surface area contributed by atoms with Crippen molar-refractivity contribution in [3.05, 3.63) is 53.1 Å². The minimum Gasteiger partial charge on any atom is -0.485 e. The first kappa shape index (κ1) is 26.2. The van der Waals surface area contributed by atoms with Crippen molar-refractivity contribution in [3.63, 3.8) is 0 Å². The number of alkyl carbamates (subject to hydrolysis) is 1. The minimum atomic E-state index is -0.773. The highest BCUT2D eigenvalue weighted by Crippen LogP contribution is 2.41. The molecule has 11 heteroatoms. The zero-order chi connectivity index (χ0) is 27.0. The summed E-state index contributed by atoms with van der Waals surface area (Å²) < 4.78 is 32.8. The Hall–Kier alpha value is -3.89. The van der Waals surface area contributed by atoms with Crippen molar-refractivity contribution in [2.24, 2.45) is 0 Å². The Bertz CT molecular complexity index is 1330. The van der Waals surface area contributed by atoms with Gasteiger partial charge in [-0.05, 0) is 59.7 Å². The van der Waals surface area contributed by atoms with Crippen LogP contribution in [0.4, 0.5) is 15.0 Å². The van der Waals surface area contributed by atoms with Crippen LogP contribution in [0.2, 0.25) is 0 Å². The van der Waals surface area contributed by atoms with Crippen molar-refractivity contribution < 1.29 is 28.2 Å². The lowest BCUT2D eigenvalue weighted by Crippen LogP contribution is -2.45. The molecule has 2 atom stereocenters. The topological polar surface area (TPSA) is 116 Å². The number of anilines is 1.